The molecule has 0 heterocycles. The van der Waals surface area contributed by atoms with Gasteiger partial charge in [0.2, 0.25) is 0 Å². The van der Waals surface area contributed by atoms with E-state index in [2.05, 4.69) is 11.4 Å². The largest absolute Gasteiger partial charge is 0.496 e. The maximum Gasteiger partial charge on any atom is 0.123 e. The van der Waals surface area contributed by atoms with E-state index in [9.17, 15) is 0 Å². The molecule has 0 spiro atoms. The summed E-state index contributed by atoms with van der Waals surface area (Å²) in [7, 11) is 3.62. The minimum Gasteiger partial charge on any atom is -0.496 e. The number of methoxy groups -OCH3 is 1. The molecule has 0 aromatic heterocycles. The third kappa shape index (κ3) is 3.45. The molecular weight excluding hydrogens is 293 g/mol. The Labute approximate surface area is 129 Å². The first-order chi connectivity index (χ1) is 9.65. The molecule has 2 aromatic carbocycles. The van der Waals surface area contributed by atoms with Crippen molar-refractivity contribution >= 4 is 23.2 Å². The SMILES string of the molecule is CNC(Cc1ccc(Cl)c(Cl)c1)c1ccccc1OC. The number of rotatable bonds is 5. The average molecular weight is 310 g/mol. The summed E-state index contributed by atoms with van der Waals surface area (Å²) in [5.41, 5.74) is 2.26. The lowest BCUT2D eigenvalue weighted by molar-refractivity contribution is 0.401. The molecule has 4 heteroatoms. The molecule has 106 valence electrons. The number of hydrogen-bond acceptors (Lipinski definition) is 2. The second-order valence-electron chi connectivity index (χ2n) is 4.54. The molecule has 1 atom stereocenters. The molecule has 2 nitrogen and oxygen atoms in total. The summed E-state index contributed by atoms with van der Waals surface area (Å²) in [6.07, 6.45) is 0.813. The van der Waals surface area contributed by atoms with Crippen LogP contribution in [0.15, 0.2) is 42.5 Å². The van der Waals surface area contributed by atoms with Crippen molar-refractivity contribution in [2.45, 2.75) is 12.5 Å². The van der Waals surface area contributed by atoms with Crippen molar-refractivity contribution in [3.05, 3.63) is 63.6 Å². The fourth-order valence-electron chi connectivity index (χ4n) is 2.22. The lowest BCUT2D eigenvalue weighted by Crippen LogP contribution is -2.19. The summed E-state index contributed by atoms with van der Waals surface area (Å²) in [4.78, 5) is 0. The standard InChI is InChI=1S/C16H17Cl2NO/c1-19-15(12-5-3-4-6-16(12)20-2)10-11-7-8-13(17)14(18)9-11/h3-9,15,19H,10H2,1-2H3. The summed E-state index contributed by atoms with van der Waals surface area (Å²) >= 11 is 12.0. The van der Waals surface area contributed by atoms with E-state index in [-0.39, 0.29) is 6.04 Å². The van der Waals surface area contributed by atoms with E-state index in [4.69, 9.17) is 27.9 Å². The van der Waals surface area contributed by atoms with E-state index < -0.39 is 0 Å². The molecule has 0 aliphatic carbocycles. The first kappa shape index (κ1) is 15.2. The van der Waals surface area contributed by atoms with Gasteiger partial charge in [0.1, 0.15) is 5.75 Å². The predicted octanol–water partition coefficient (Wildman–Crippen LogP) is 4.51. The summed E-state index contributed by atoms with van der Waals surface area (Å²) in [6.45, 7) is 0. The molecule has 0 saturated heterocycles. The van der Waals surface area contributed by atoms with Gasteiger partial charge in [0.05, 0.1) is 17.2 Å². The van der Waals surface area contributed by atoms with E-state index in [0.717, 1.165) is 23.3 Å². The Hall–Kier alpha value is -1.22. The Bertz CT molecular complexity index is 586. The van der Waals surface area contributed by atoms with Crippen molar-refractivity contribution in [2.24, 2.45) is 0 Å². The highest BCUT2D eigenvalue weighted by atomic mass is 35.5. The van der Waals surface area contributed by atoms with E-state index in [1.807, 2.05) is 43.4 Å². The maximum atomic E-state index is 6.07. The second kappa shape index (κ2) is 6.98. The van der Waals surface area contributed by atoms with Crippen LogP contribution in [0.3, 0.4) is 0 Å². The number of nitrogens with one attached hydrogen (secondary N) is 1. The molecule has 1 unspecified atom stereocenters. The third-order valence-electron chi connectivity index (χ3n) is 3.29. The summed E-state index contributed by atoms with van der Waals surface area (Å²) < 4.78 is 5.42. The first-order valence-electron chi connectivity index (χ1n) is 6.39. The maximum absolute atomic E-state index is 6.07. The van der Waals surface area contributed by atoms with Gasteiger partial charge in [0.25, 0.3) is 0 Å². The fourth-order valence-corrected chi connectivity index (χ4v) is 2.54. The zero-order chi connectivity index (χ0) is 14.5. The smallest absolute Gasteiger partial charge is 0.123 e. The number of hydrogen-bond donors (Lipinski definition) is 1. The Kier molecular flexibility index (Phi) is 5.30. The summed E-state index contributed by atoms with van der Waals surface area (Å²) in [6, 6.07) is 13.9. The van der Waals surface area contributed by atoms with Crippen LogP contribution in [0.5, 0.6) is 5.75 Å². The highest BCUT2D eigenvalue weighted by molar-refractivity contribution is 6.42. The van der Waals surface area contributed by atoms with Crippen LogP contribution in [0.1, 0.15) is 17.2 Å². The predicted molar refractivity (Wildman–Crippen MR) is 85.0 cm³/mol. The fraction of sp³-hybridized carbons (Fsp3) is 0.250. The monoisotopic (exact) mass is 309 g/mol. The van der Waals surface area contributed by atoms with Crippen LogP contribution in [0.2, 0.25) is 10.0 Å². The molecule has 1 N–H and O–H groups in total. The minimum atomic E-state index is 0.156. The number of halogens is 2. The molecule has 0 saturated carbocycles. The van der Waals surface area contributed by atoms with Crippen LogP contribution in [0.25, 0.3) is 0 Å². The van der Waals surface area contributed by atoms with E-state index in [1.54, 1.807) is 7.11 Å². The lowest BCUT2D eigenvalue weighted by Gasteiger charge is -2.19. The summed E-state index contributed by atoms with van der Waals surface area (Å²) in [5, 5.41) is 4.48. The van der Waals surface area contributed by atoms with Crippen LogP contribution in [0.4, 0.5) is 0 Å². The van der Waals surface area contributed by atoms with Crippen molar-refractivity contribution in [3.8, 4) is 5.75 Å². The van der Waals surface area contributed by atoms with Crippen molar-refractivity contribution in [1.82, 2.24) is 5.32 Å². The van der Waals surface area contributed by atoms with Gasteiger partial charge in [-0.1, -0.05) is 47.5 Å². The second-order valence-corrected chi connectivity index (χ2v) is 5.35. The molecule has 0 amide bonds. The molecule has 0 bridgehead atoms. The highest BCUT2D eigenvalue weighted by Gasteiger charge is 2.15. The zero-order valence-corrected chi connectivity index (χ0v) is 13.0. The Morgan fingerprint density at radius 1 is 1.10 bits per heavy atom. The van der Waals surface area contributed by atoms with Crippen LogP contribution in [-0.4, -0.2) is 14.2 Å². The molecule has 0 aliphatic rings. The normalized spacial score (nSPS) is 12.2. The van der Waals surface area contributed by atoms with Crippen LogP contribution in [0, 0.1) is 0 Å². The number of benzene rings is 2. The number of ether oxygens (including phenoxy) is 1. The van der Waals surface area contributed by atoms with Gasteiger partial charge in [-0.2, -0.15) is 0 Å². The van der Waals surface area contributed by atoms with Gasteiger partial charge < -0.3 is 10.1 Å². The topological polar surface area (TPSA) is 21.3 Å². The molecule has 2 aromatic rings. The Balaban J connectivity index is 2.26. The van der Waals surface area contributed by atoms with Gasteiger partial charge in [-0.25, -0.2) is 0 Å². The number of para-hydroxylation sites is 1. The van der Waals surface area contributed by atoms with Gasteiger partial charge in [0, 0.05) is 11.6 Å². The van der Waals surface area contributed by atoms with Crippen LogP contribution >= 0.6 is 23.2 Å². The van der Waals surface area contributed by atoms with E-state index in [0.29, 0.717) is 10.0 Å². The minimum absolute atomic E-state index is 0.156. The third-order valence-corrected chi connectivity index (χ3v) is 4.03. The number of likely N-dealkylation sites (N-methyl/N-ethyl adjacent to an activating group) is 1. The average Bonchev–Trinajstić information content (AvgIpc) is 2.48. The van der Waals surface area contributed by atoms with Crippen LogP contribution < -0.4 is 10.1 Å². The Morgan fingerprint density at radius 2 is 1.85 bits per heavy atom. The van der Waals surface area contributed by atoms with Gasteiger partial charge in [-0.3, -0.25) is 0 Å². The van der Waals surface area contributed by atoms with Gasteiger partial charge in [-0.05, 0) is 37.2 Å². The quantitative estimate of drug-likeness (QED) is 0.877. The molecule has 0 aliphatic heterocycles. The lowest BCUT2D eigenvalue weighted by atomic mass is 9.98. The molecular formula is C16H17Cl2NO. The highest BCUT2D eigenvalue weighted by Crippen LogP contribution is 2.29. The Morgan fingerprint density at radius 3 is 2.50 bits per heavy atom. The summed E-state index contributed by atoms with van der Waals surface area (Å²) in [5.74, 6) is 0.881. The van der Waals surface area contributed by atoms with Crippen molar-refractivity contribution in [2.75, 3.05) is 14.2 Å². The van der Waals surface area contributed by atoms with Gasteiger partial charge in [-0.15, -0.1) is 0 Å². The van der Waals surface area contributed by atoms with E-state index >= 15 is 0 Å². The van der Waals surface area contributed by atoms with Crippen molar-refractivity contribution in [3.63, 3.8) is 0 Å². The van der Waals surface area contributed by atoms with Crippen molar-refractivity contribution in [1.29, 1.82) is 0 Å². The van der Waals surface area contributed by atoms with Crippen molar-refractivity contribution < 1.29 is 4.74 Å². The van der Waals surface area contributed by atoms with E-state index in [1.165, 1.54) is 0 Å². The molecule has 0 fully saturated rings. The zero-order valence-electron chi connectivity index (χ0n) is 11.5. The van der Waals surface area contributed by atoms with Gasteiger partial charge in [0.15, 0.2) is 0 Å². The van der Waals surface area contributed by atoms with Gasteiger partial charge >= 0.3 is 0 Å². The molecule has 0 radical (unpaired) electrons. The van der Waals surface area contributed by atoms with Crippen LogP contribution in [-0.2, 0) is 6.42 Å². The molecule has 20 heavy (non-hydrogen) atoms. The molecule has 2 rings (SSSR count). The first-order valence-corrected chi connectivity index (χ1v) is 7.15.